The first-order valence-electron chi connectivity index (χ1n) is 7.57. The van der Waals surface area contributed by atoms with E-state index in [0.29, 0.717) is 0 Å². The summed E-state index contributed by atoms with van der Waals surface area (Å²) in [7, 11) is 0. The summed E-state index contributed by atoms with van der Waals surface area (Å²) in [5.41, 5.74) is -0.548. The highest BCUT2D eigenvalue weighted by Crippen LogP contribution is 2.26. The summed E-state index contributed by atoms with van der Waals surface area (Å²) in [6.45, 7) is 5.62. The SMILES string of the molecule is CC(C)(C)OC(=O)NC1CCCCC1N1CC(=O)CC1=O. The molecule has 2 amide bonds. The monoisotopic (exact) mass is 296 g/mol. The molecule has 2 fully saturated rings. The molecular weight excluding hydrogens is 272 g/mol. The number of hydrogen-bond donors (Lipinski definition) is 1. The van der Waals surface area contributed by atoms with Crippen molar-refractivity contribution in [2.75, 3.05) is 6.54 Å². The van der Waals surface area contributed by atoms with E-state index in [-0.39, 0.29) is 36.7 Å². The number of carbonyl (C=O) groups is 3. The molecule has 1 heterocycles. The standard InChI is InChI=1S/C15H24N2O4/c1-15(2,3)21-14(20)16-11-6-4-5-7-12(11)17-9-10(18)8-13(17)19/h11-12H,4-9H2,1-3H3,(H,16,20). The molecule has 0 aromatic carbocycles. The minimum atomic E-state index is -0.548. The lowest BCUT2D eigenvalue weighted by Gasteiger charge is -2.38. The van der Waals surface area contributed by atoms with Gasteiger partial charge in [-0.3, -0.25) is 9.59 Å². The number of amides is 2. The van der Waals surface area contributed by atoms with Crippen LogP contribution in [0.25, 0.3) is 0 Å². The molecule has 2 rings (SSSR count). The van der Waals surface area contributed by atoms with E-state index in [4.69, 9.17) is 4.74 Å². The highest BCUT2D eigenvalue weighted by atomic mass is 16.6. The molecule has 1 saturated carbocycles. The highest BCUT2D eigenvalue weighted by Gasteiger charge is 2.39. The molecule has 2 aliphatic rings. The van der Waals surface area contributed by atoms with Crippen molar-refractivity contribution in [2.45, 2.75) is 70.6 Å². The topological polar surface area (TPSA) is 75.7 Å². The maximum Gasteiger partial charge on any atom is 0.407 e. The molecule has 21 heavy (non-hydrogen) atoms. The van der Waals surface area contributed by atoms with Gasteiger partial charge in [-0.1, -0.05) is 12.8 Å². The summed E-state index contributed by atoms with van der Waals surface area (Å²) in [6, 6.07) is -0.228. The molecule has 1 aliphatic carbocycles. The van der Waals surface area contributed by atoms with Gasteiger partial charge in [0.2, 0.25) is 5.91 Å². The number of likely N-dealkylation sites (tertiary alicyclic amines) is 1. The molecule has 2 unspecified atom stereocenters. The van der Waals surface area contributed by atoms with Crippen LogP contribution in [0.15, 0.2) is 0 Å². The summed E-state index contributed by atoms with van der Waals surface area (Å²) < 4.78 is 5.28. The lowest BCUT2D eigenvalue weighted by molar-refractivity contribution is -0.130. The molecule has 2 atom stereocenters. The molecule has 6 nitrogen and oxygen atoms in total. The maximum absolute atomic E-state index is 11.9. The Labute approximate surface area is 125 Å². The van der Waals surface area contributed by atoms with Crippen LogP contribution in [0, 0.1) is 0 Å². The Hall–Kier alpha value is -1.59. The molecule has 6 heteroatoms. The van der Waals surface area contributed by atoms with Crippen LogP contribution < -0.4 is 5.32 Å². The molecule has 0 radical (unpaired) electrons. The normalized spacial score (nSPS) is 26.9. The van der Waals surface area contributed by atoms with Gasteiger partial charge in [0.15, 0.2) is 5.78 Å². The number of nitrogens with zero attached hydrogens (tertiary/aromatic N) is 1. The van der Waals surface area contributed by atoms with E-state index in [1.807, 2.05) is 20.8 Å². The Balaban J connectivity index is 2.00. The van der Waals surface area contributed by atoms with Gasteiger partial charge in [-0.2, -0.15) is 0 Å². The molecule has 1 saturated heterocycles. The van der Waals surface area contributed by atoms with Gasteiger partial charge in [0.05, 0.1) is 25.0 Å². The van der Waals surface area contributed by atoms with Gasteiger partial charge < -0.3 is 15.0 Å². The van der Waals surface area contributed by atoms with Gasteiger partial charge in [-0.15, -0.1) is 0 Å². The van der Waals surface area contributed by atoms with E-state index in [2.05, 4.69) is 5.32 Å². The third kappa shape index (κ3) is 4.19. The molecular formula is C15H24N2O4. The van der Waals surface area contributed by atoms with Crippen molar-refractivity contribution in [1.29, 1.82) is 0 Å². The fraction of sp³-hybridized carbons (Fsp3) is 0.800. The molecule has 1 aliphatic heterocycles. The van der Waals surface area contributed by atoms with Crippen LogP contribution in [0.1, 0.15) is 52.9 Å². The van der Waals surface area contributed by atoms with Crippen molar-refractivity contribution in [3.8, 4) is 0 Å². The first-order valence-corrected chi connectivity index (χ1v) is 7.57. The van der Waals surface area contributed by atoms with Crippen molar-refractivity contribution >= 4 is 17.8 Å². The average molecular weight is 296 g/mol. The minimum absolute atomic E-state index is 0.00431. The molecule has 0 aromatic heterocycles. The average Bonchev–Trinajstić information content (AvgIpc) is 2.66. The third-order valence-corrected chi connectivity index (χ3v) is 3.85. The van der Waals surface area contributed by atoms with Crippen LogP contribution >= 0.6 is 0 Å². The van der Waals surface area contributed by atoms with E-state index >= 15 is 0 Å². The van der Waals surface area contributed by atoms with Gasteiger partial charge >= 0.3 is 6.09 Å². The van der Waals surface area contributed by atoms with E-state index in [1.54, 1.807) is 4.90 Å². The quantitative estimate of drug-likeness (QED) is 0.786. The Morgan fingerprint density at radius 2 is 1.90 bits per heavy atom. The molecule has 0 bridgehead atoms. The summed E-state index contributed by atoms with van der Waals surface area (Å²) in [6.07, 6.45) is 3.18. The summed E-state index contributed by atoms with van der Waals surface area (Å²) >= 11 is 0. The molecule has 1 N–H and O–H groups in total. The van der Waals surface area contributed by atoms with Gasteiger partial charge in [-0.05, 0) is 33.6 Å². The van der Waals surface area contributed by atoms with Crippen molar-refractivity contribution in [2.24, 2.45) is 0 Å². The van der Waals surface area contributed by atoms with Crippen LogP contribution in [0.4, 0.5) is 4.79 Å². The van der Waals surface area contributed by atoms with Crippen LogP contribution in [-0.2, 0) is 14.3 Å². The second-order valence-corrected chi connectivity index (χ2v) is 6.84. The number of ether oxygens (including phenoxy) is 1. The van der Waals surface area contributed by atoms with E-state index in [9.17, 15) is 14.4 Å². The largest absolute Gasteiger partial charge is 0.444 e. The number of alkyl carbamates (subject to hydrolysis) is 1. The van der Waals surface area contributed by atoms with Crippen molar-refractivity contribution in [3.63, 3.8) is 0 Å². The van der Waals surface area contributed by atoms with Crippen LogP contribution in [0.3, 0.4) is 0 Å². The number of nitrogens with one attached hydrogen (secondary N) is 1. The predicted molar refractivity (Wildman–Crippen MR) is 76.8 cm³/mol. The number of hydrogen-bond acceptors (Lipinski definition) is 4. The predicted octanol–water partition coefficient (Wildman–Crippen LogP) is 1.62. The van der Waals surface area contributed by atoms with Crippen LogP contribution in [0.5, 0.6) is 0 Å². The third-order valence-electron chi connectivity index (χ3n) is 3.85. The van der Waals surface area contributed by atoms with Crippen molar-refractivity contribution in [1.82, 2.24) is 10.2 Å². The minimum Gasteiger partial charge on any atom is -0.444 e. The van der Waals surface area contributed by atoms with E-state index in [1.165, 1.54) is 0 Å². The van der Waals surface area contributed by atoms with E-state index in [0.717, 1.165) is 25.7 Å². The number of carbonyl (C=O) groups excluding carboxylic acids is 3. The zero-order chi connectivity index (χ0) is 15.6. The summed E-state index contributed by atoms with van der Waals surface area (Å²) in [5, 5.41) is 2.87. The van der Waals surface area contributed by atoms with Crippen LogP contribution in [-0.4, -0.2) is 46.9 Å². The fourth-order valence-corrected chi connectivity index (χ4v) is 3.02. The number of Topliss-reactive ketones (excluding diaryl/α,β-unsaturated/α-hetero) is 1. The first kappa shape index (κ1) is 15.8. The van der Waals surface area contributed by atoms with Crippen molar-refractivity contribution in [3.05, 3.63) is 0 Å². The van der Waals surface area contributed by atoms with Gasteiger partial charge in [0.25, 0.3) is 0 Å². The van der Waals surface area contributed by atoms with Crippen LogP contribution in [0.2, 0.25) is 0 Å². The van der Waals surface area contributed by atoms with Crippen molar-refractivity contribution < 1.29 is 19.1 Å². The zero-order valence-electron chi connectivity index (χ0n) is 13.0. The van der Waals surface area contributed by atoms with Gasteiger partial charge in [-0.25, -0.2) is 4.79 Å². The number of rotatable bonds is 2. The van der Waals surface area contributed by atoms with E-state index < -0.39 is 11.7 Å². The first-order chi connectivity index (χ1) is 9.76. The fourth-order valence-electron chi connectivity index (χ4n) is 3.02. The Morgan fingerprint density at radius 1 is 1.24 bits per heavy atom. The second kappa shape index (κ2) is 6.03. The Kier molecular flexibility index (Phi) is 4.54. The zero-order valence-corrected chi connectivity index (χ0v) is 13.0. The van der Waals surface area contributed by atoms with Gasteiger partial charge in [0.1, 0.15) is 5.60 Å². The second-order valence-electron chi connectivity index (χ2n) is 6.84. The van der Waals surface area contributed by atoms with Gasteiger partial charge in [0, 0.05) is 0 Å². The summed E-state index contributed by atoms with van der Waals surface area (Å²) in [4.78, 5) is 36.9. The molecule has 0 aromatic rings. The molecule has 0 spiro atoms. The lowest BCUT2D eigenvalue weighted by atomic mass is 9.89. The summed E-state index contributed by atoms with van der Waals surface area (Å²) in [5.74, 6) is -0.163. The Morgan fingerprint density at radius 3 is 2.48 bits per heavy atom. The maximum atomic E-state index is 11.9. The number of ketones is 1. The molecule has 118 valence electrons. The Bertz CT molecular complexity index is 441. The highest BCUT2D eigenvalue weighted by molar-refractivity contribution is 6.05. The smallest absolute Gasteiger partial charge is 0.407 e. The lowest BCUT2D eigenvalue weighted by Crippen LogP contribution is -2.54.